The number of hydrogen-bond donors (Lipinski definition) is 1. The Bertz CT molecular complexity index is 580. The van der Waals surface area contributed by atoms with E-state index in [9.17, 15) is 4.79 Å². The number of hydrogen-bond acceptors (Lipinski definition) is 4. The van der Waals surface area contributed by atoms with Crippen molar-refractivity contribution in [3.05, 3.63) is 46.0 Å². The second-order valence-electron chi connectivity index (χ2n) is 4.81. The van der Waals surface area contributed by atoms with Crippen molar-refractivity contribution in [1.29, 1.82) is 0 Å². The molecule has 0 spiro atoms. The van der Waals surface area contributed by atoms with Crippen LogP contribution in [-0.2, 0) is 17.6 Å². The predicted molar refractivity (Wildman–Crippen MR) is 76.4 cm³/mol. The molecule has 6 heteroatoms. The Morgan fingerprint density at radius 3 is 2.75 bits per heavy atom. The molecule has 0 aliphatic heterocycles. The Labute approximate surface area is 125 Å². The van der Waals surface area contributed by atoms with Crippen LogP contribution in [0.25, 0.3) is 0 Å². The summed E-state index contributed by atoms with van der Waals surface area (Å²) in [5.41, 5.74) is 1.10. The lowest BCUT2D eigenvalue weighted by Crippen LogP contribution is -2.07. The fourth-order valence-corrected chi connectivity index (χ4v) is 2.16. The second kappa shape index (κ2) is 6.65. The molecule has 1 aromatic carbocycles. The van der Waals surface area contributed by atoms with E-state index >= 15 is 0 Å². The maximum Gasteiger partial charge on any atom is 0.303 e. The number of aliphatic carboxylic acids is 1. The van der Waals surface area contributed by atoms with Crippen molar-refractivity contribution in [2.75, 3.05) is 0 Å². The van der Waals surface area contributed by atoms with Gasteiger partial charge in [0, 0.05) is 23.7 Å². The normalized spacial score (nSPS) is 12.3. The van der Waals surface area contributed by atoms with Gasteiger partial charge in [-0.2, -0.15) is 4.98 Å². The molecule has 0 radical (unpaired) electrons. The maximum atomic E-state index is 10.6. The molecule has 1 N–H and O–H groups in total. The van der Waals surface area contributed by atoms with Crippen molar-refractivity contribution in [2.45, 2.75) is 26.2 Å². The fraction of sp³-hybridized carbons (Fsp3) is 0.357. The molecular formula is C14H15BrN2O3. The van der Waals surface area contributed by atoms with E-state index in [0.29, 0.717) is 24.6 Å². The summed E-state index contributed by atoms with van der Waals surface area (Å²) in [7, 11) is 0. The van der Waals surface area contributed by atoms with Gasteiger partial charge in [-0.15, -0.1) is 0 Å². The van der Waals surface area contributed by atoms with Gasteiger partial charge in [-0.1, -0.05) is 40.1 Å². The van der Waals surface area contributed by atoms with E-state index in [1.807, 2.05) is 31.2 Å². The molecule has 5 nitrogen and oxygen atoms in total. The summed E-state index contributed by atoms with van der Waals surface area (Å²) < 4.78 is 6.18. The van der Waals surface area contributed by atoms with Crippen LogP contribution in [0.3, 0.4) is 0 Å². The highest BCUT2D eigenvalue weighted by Gasteiger charge is 2.13. The molecule has 20 heavy (non-hydrogen) atoms. The SMILES string of the molecule is CC(CC(=O)O)Cc1nc(Cc2ccc(Br)cc2)no1. The van der Waals surface area contributed by atoms with Crippen LogP contribution in [0.5, 0.6) is 0 Å². The fourth-order valence-electron chi connectivity index (χ4n) is 1.90. The first kappa shape index (κ1) is 14.7. The van der Waals surface area contributed by atoms with Crippen LogP contribution in [-0.4, -0.2) is 21.2 Å². The Morgan fingerprint density at radius 1 is 1.40 bits per heavy atom. The first-order valence-electron chi connectivity index (χ1n) is 6.30. The van der Waals surface area contributed by atoms with Gasteiger partial charge in [0.25, 0.3) is 0 Å². The zero-order valence-electron chi connectivity index (χ0n) is 11.0. The van der Waals surface area contributed by atoms with Gasteiger partial charge in [0.1, 0.15) is 0 Å². The summed E-state index contributed by atoms with van der Waals surface area (Å²) in [4.78, 5) is 14.9. The van der Waals surface area contributed by atoms with Crippen LogP contribution in [0, 0.1) is 5.92 Å². The van der Waals surface area contributed by atoms with E-state index < -0.39 is 5.97 Å². The molecule has 2 rings (SSSR count). The number of benzene rings is 1. The lowest BCUT2D eigenvalue weighted by atomic mass is 10.0. The monoisotopic (exact) mass is 338 g/mol. The Balaban J connectivity index is 1.95. The summed E-state index contributed by atoms with van der Waals surface area (Å²) in [6, 6.07) is 7.91. The van der Waals surface area contributed by atoms with E-state index in [-0.39, 0.29) is 12.3 Å². The average Bonchev–Trinajstić information content (AvgIpc) is 2.78. The summed E-state index contributed by atoms with van der Waals surface area (Å²) in [6.45, 7) is 1.85. The Kier molecular flexibility index (Phi) is 4.89. The topological polar surface area (TPSA) is 76.2 Å². The maximum absolute atomic E-state index is 10.6. The van der Waals surface area contributed by atoms with Crippen LogP contribution in [0.2, 0.25) is 0 Å². The predicted octanol–water partition coefficient (Wildman–Crippen LogP) is 3.08. The van der Waals surface area contributed by atoms with Crippen LogP contribution in [0.1, 0.15) is 30.6 Å². The smallest absolute Gasteiger partial charge is 0.303 e. The van der Waals surface area contributed by atoms with E-state index in [1.54, 1.807) is 0 Å². The van der Waals surface area contributed by atoms with Crippen LogP contribution in [0.15, 0.2) is 33.3 Å². The van der Waals surface area contributed by atoms with Gasteiger partial charge in [-0.3, -0.25) is 4.79 Å². The molecule has 1 atom stereocenters. The highest BCUT2D eigenvalue weighted by molar-refractivity contribution is 9.10. The van der Waals surface area contributed by atoms with E-state index in [2.05, 4.69) is 26.1 Å². The first-order valence-corrected chi connectivity index (χ1v) is 7.10. The van der Waals surface area contributed by atoms with Gasteiger partial charge >= 0.3 is 5.97 Å². The molecule has 0 aliphatic carbocycles. The summed E-state index contributed by atoms with van der Waals surface area (Å²) in [6.07, 6.45) is 1.19. The van der Waals surface area contributed by atoms with E-state index in [4.69, 9.17) is 9.63 Å². The molecule has 0 saturated heterocycles. The number of halogens is 1. The largest absolute Gasteiger partial charge is 0.481 e. The third kappa shape index (κ3) is 4.45. The van der Waals surface area contributed by atoms with E-state index in [1.165, 1.54) is 0 Å². The van der Waals surface area contributed by atoms with Crippen LogP contribution >= 0.6 is 15.9 Å². The average molecular weight is 339 g/mol. The molecule has 2 aromatic rings. The third-order valence-corrected chi connectivity index (χ3v) is 3.36. The molecule has 0 amide bonds. The lowest BCUT2D eigenvalue weighted by molar-refractivity contribution is -0.137. The van der Waals surface area contributed by atoms with Crippen molar-refractivity contribution in [2.24, 2.45) is 5.92 Å². The van der Waals surface area contributed by atoms with Crippen molar-refractivity contribution in [3.8, 4) is 0 Å². The van der Waals surface area contributed by atoms with Gasteiger partial charge < -0.3 is 9.63 Å². The van der Waals surface area contributed by atoms with Gasteiger partial charge in [0.05, 0.1) is 0 Å². The van der Waals surface area contributed by atoms with Crippen molar-refractivity contribution >= 4 is 21.9 Å². The molecule has 1 heterocycles. The van der Waals surface area contributed by atoms with Gasteiger partial charge in [0.15, 0.2) is 5.82 Å². The number of carbonyl (C=O) groups is 1. The molecule has 0 aliphatic rings. The quantitative estimate of drug-likeness (QED) is 0.875. The van der Waals surface area contributed by atoms with Crippen molar-refractivity contribution in [1.82, 2.24) is 10.1 Å². The van der Waals surface area contributed by atoms with Gasteiger partial charge in [0.2, 0.25) is 5.89 Å². The molecular weight excluding hydrogens is 324 g/mol. The Morgan fingerprint density at radius 2 is 2.10 bits per heavy atom. The number of carboxylic acid groups (broad SMARTS) is 1. The number of nitrogens with zero attached hydrogens (tertiary/aromatic N) is 2. The van der Waals surface area contributed by atoms with Crippen molar-refractivity contribution in [3.63, 3.8) is 0 Å². The van der Waals surface area contributed by atoms with Gasteiger partial charge in [-0.05, 0) is 23.6 Å². The zero-order valence-corrected chi connectivity index (χ0v) is 12.6. The molecule has 0 saturated carbocycles. The Hall–Kier alpha value is -1.69. The molecule has 1 unspecified atom stereocenters. The van der Waals surface area contributed by atoms with Crippen molar-refractivity contribution < 1.29 is 14.4 Å². The van der Waals surface area contributed by atoms with Crippen LogP contribution < -0.4 is 0 Å². The number of carboxylic acids is 1. The number of aromatic nitrogens is 2. The second-order valence-corrected chi connectivity index (χ2v) is 5.73. The minimum atomic E-state index is -0.813. The lowest BCUT2D eigenvalue weighted by Gasteiger charge is -2.03. The van der Waals surface area contributed by atoms with E-state index in [0.717, 1.165) is 10.0 Å². The summed E-state index contributed by atoms with van der Waals surface area (Å²) >= 11 is 3.38. The third-order valence-electron chi connectivity index (χ3n) is 2.83. The minimum absolute atomic E-state index is 0.0199. The van der Waals surface area contributed by atoms with Crippen LogP contribution in [0.4, 0.5) is 0 Å². The standard InChI is InChI=1S/C14H15BrN2O3/c1-9(7-14(18)19)6-13-16-12(17-20-13)8-10-2-4-11(15)5-3-10/h2-5,9H,6-8H2,1H3,(H,18,19). The molecule has 106 valence electrons. The molecule has 0 bridgehead atoms. The highest BCUT2D eigenvalue weighted by Crippen LogP contribution is 2.14. The zero-order chi connectivity index (χ0) is 14.5. The first-order chi connectivity index (χ1) is 9.52. The summed E-state index contributed by atoms with van der Waals surface area (Å²) in [5, 5.41) is 12.6. The van der Waals surface area contributed by atoms with Gasteiger partial charge in [-0.25, -0.2) is 0 Å². The highest BCUT2D eigenvalue weighted by atomic mass is 79.9. The molecule has 0 fully saturated rings. The summed E-state index contributed by atoms with van der Waals surface area (Å²) in [5.74, 6) is 0.274. The minimum Gasteiger partial charge on any atom is -0.481 e. The molecule has 1 aromatic heterocycles. The number of rotatable bonds is 6.